The summed E-state index contributed by atoms with van der Waals surface area (Å²) < 4.78 is 0. The molecule has 0 unspecified atom stereocenters. The van der Waals surface area contributed by atoms with Crippen molar-refractivity contribution in [1.29, 1.82) is 0 Å². The second-order valence-corrected chi connectivity index (χ2v) is 3.97. The third-order valence-electron chi connectivity index (χ3n) is 2.51. The Morgan fingerprint density at radius 3 is 2.60 bits per heavy atom. The molecular formula is C11H10ClNO2. The van der Waals surface area contributed by atoms with Gasteiger partial charge < -0.3 is 4.90 Å². The molecular weight excluding hydrogens is 214 g/mol. The van der Waals surface area contributed by atoms with Gasteiger partial charge in [-0.1, -0.05) is 17.7 Å². The van der Waals surface area contributed by atoms with Crippen LogP contribution in [0.25, 0.3) is 0 Å². The number of hydrogen-bond acceptors (Lipinski definition) is 2. The van der Waals surface area contributed by atoms with E-state index in [1.54, 1.807) is 12.1 Å². The Morgan fingerprint density at radius 1 is 1.33 bits per heavy atom. The molecule has 0 saturated carbocycles. The van der Waals surface area contributed by atoms with Gasteiger partial charge in [-0.05, 0) is 24.6 Å². The van der Waals surface area contributed by atoms with Crippen molar-refractivity contribution in [2.45, 2.75) is 13.3 Å². The highest BCUT2D eigenvalue weighted by molar-refractivity contribution is 6.43. The molecule has 15 heavy (non-hydrogen) atoms. The number of nitrogens with zero attached hydrogens (tertiary/aromatic N) is 1. The van der Waals surface area contributed by atoms with Gasteiger partial charge in [-0.25, -0.2) is 0 Å². The van der Waals surface area contributed by atoms with Crippen LogP contribution in [0, 0.1) is 6.92 Å². The van der Waals surface area contributed by atoms with Crippen LogP contribution in [0.1, 0.15) is 12.0 Å². The molecule has 0 atom stereocenters. The predicted molar refractivity (Wildman–Crippen MR) is 58.2 cm³/mol. The van der Waals surface area contributed by atoms with Gasteiger partial charge in [0.2, 0.25) is 5.78 Å². The maximum atomic E-state index is 11.4. The van der Waals surface area contributed by atoms with E-state index in [0.29, 0.717) is 23.7 Å². The van der Waals surface area contributed by atoms with Gasteiger partial charge in [0.1, 0.15) is 0 Å². The number of ketones is 1. The molecule has 1 amide bonds. The summed E-state index contributed by atoms with van der Waals surface area (Å²) in [6.45, 7) is 2.35. The maximum Gasteiger partial charge on any atom is 0.294 e. The molecule has 1 aliphatic heterocycles. The molecule has 3 nitrogen and oxygen atoms in total. The molecule has 1 aromatic carbocycles. The van der Waals surface area contributed by atoms with Gasteiger partial charge in [0.15, 0.2) is 0 Å². The first-order chi connectivity index (χ1) is 7.09. The summed E-state index contributed by atoms with van der Waals surface area (Å²) in [6.07, 6.45) is 0.296. The summed E-state index contributed by atoms with van der Waals surface area (Å²) in [6, 6.07) is 5.36. The molecule has 1 heterocycles. The Labute approximate surface area is 92.6 Å². The fraction of sp³-hybridized carbons (Fsp3) is 0.273. The minimum Gasteiger partial charge on any atom is -0.305 e. The number of carbonyl (C=O) groups excluding carboxylic acids is 2. The lowest BCUT2D eigenvalue weighted by Crippen LogP contribution is -2.26. The zero-order chi connectivity index (χ0) is 11.0. The third-order valence-corrected chi connectivity index (χ3v) is 2.92. The first-order valence-corrected chi connectivity index (χ1v) is 5.08. The number of amides is 1. The summed E-state index contributed by atoms with van der Waals surface area (Å²) >= 11 is 5.95. The highest BCUT2D eigenvalue weighted by Gasteiger charge is 2.30. The van der Waals surface area contributed by atoms with E-state index in [9.17, 15) is 9.59 Å². The quantitative estimate of drug-likeness (QED) is 0.683. The van der Waals surface area contributed by atoms with Crippen LogP contribution in [0.2, 0.25) is 5.02 Å². The minimum absolute atomic E-state index is 0.296. The third kappa shape index (κ3) is 1.75. The number of halogens is 1. The number of hydrogen-bond donors (Lipinski definition) is 0. The van der Waals surface area contributed by atoms with Crippen LogP contribution >= 0.6 is 11.6 Å². The molecule has 0 aromatic heterocycles. The summed E-state index contributed by atoms with van der Waals surface area (Å²) in [4.78, 5) is 24.0. The van der Waals surface area contributed by atoms with Crippen LogP contribution in [0.4, 0.5) is 5.69 Å². The Balaban J connectivity index is 2.34. The fourth-order valence-electron chi connectivity index (χ4n) is 1.57. The first-order valence-electron chi connectivity index (χ1n) is 4.70. The van der Waals surface area contributed by atoms with Gasteiger partial charge in [-0.3, -0.25) is 9.59 Å². The topological polar surface area (TPSA) is 37.4 Å². The van der Waals surface area contributed by atoms with Crippen LogP contribution < -0.4 is 4.90 Å². The van der Waals surface area contributed by atoms with E-state index in [1.165, 1.54) is 4.90 Å². The molecule has 0 bridgehead atoms. The number of anilines is 1. The smallest absolute Gasteiger partial charge is 0.294 e. The Kier molecular flexibility index (Phi) is 2.49. The average Bonchev–Trinajstić information content (AvgIpc) is 2.53. The van der Waals surface area contributed by atoms with E-state index in [0.717, 1.165) is 5.56 Å². The molecule has 78 valence electrons. The van der Waals surface area contributed by atoms with E-state index in [2.05, 4.69) is 0 Å². The summed E-state index contributed by atoms with van der Waals surface area (Å²) in [5, 5.41) is 0.611. The predicted octanol–water partition coefficient (Wildman–Crippen LogP) is 1.95. The van der Waals surface area contributed by atoms with Crippen molar-refractivity contribution in [2.24, 2.45) is 0 Å². The summed E-state index contributed by atoms with van der Waals surface area (Å²) in [7, 11) is 0. The molecule has 0 radical (unpaired) electrons. The SMILES string of the molecule is Cc1ccc(N2CCC(=O)C2=O)cc1Cl. The Bertz CT molecular complexity index is 442. The molecule has 1 saturated heterocycles. The minimum atomic E-state index is -0.435. The lowest BCUT2D eigenvalue weighted by Gasteiger charge is -2.15. The number of benzene rings is 1. The van der Waals surface area contributed by atoms with E-state index < -0.39 is 5.91 Å². The summed E-state index contributed by atoms with van der Waals surface area (Å²) in [5.74, 6) is -0.762. The van der Waals surface area contributed by atoms with Gasteiger partial charge in [0.05, 0.1) is 0 Å². The highest BCUT2D eigenvalue weighted by atomic mass is 35.5. The summed E-state index contributed by atoms with van der Waals surface area (Å²) in [5.41, 5.74) is 1.65. The molecule has 0 spiro atoms. The lowest BCUT2D eigenvalue weighted by molar-refractivity contribution is -0.133. The molecule has 1 aromatic rings. The van der Waals surface area contributed by atoms with Crippen LogP contribution in [0.5, 0.6) is 0 Å². The van der Waals surface area contributed by atoms with Gasteiger partial charge in [0.25, 0.3) is 5.91 Å². The number of carbonyl (C=O) groups is 2. The Morgan fingerprint density at radius 2 is 2.07 bits per heavy atom. The Hall–Kier alpha value is -1.35. The monoisotopic (exact) mass is 223 g/mol. The normalized spacial score (nSPS) is 16.3. The molecule has 0 aliphatic carbocycles. The highest BCUT2D eigenvalue weighted by Crippen LogP contribution is 2.25. The van der Waals surface area contributed by atoms with Crippen molar-refractivity contribution in [1.82, 2.24) is 0 Å². The van der Waals surface area contributed by atoms with Crippen LogP contribution in [0.15, 0.2) is 18.2 Å². The van der Waals surface area contributed by atoms with Crippen molar-refractivity contribution in [2.75, 3.05) is 11.4 Å². The first kappa shape index (κ1) is 10.2. The van der Waals surface area contributed by atoms with Crippen molar-refractivity contribution in [3.8, 4) is 0 Å². The van der Waals surface area contributed by atoms with Crippen molar-refractivity contribution >= 4 is 29.0 Å². The average molecular weight is 224 g/mol. The van der Waals surface area contributed by atoms with Crippen LogP contribution in [-0.4, -0.2) is 18.2 Å². The number of Topliss-reactive ketones (excluding diaryl/α,β-unsaturated/α-hetero) is 1. The molecule has 1 fully saturated rings. The second-order valence-electron chi connectivity index (χ2n) is 3.56. The van der Waals surface area contributed by atoms with Crippen LogP contribution in [-0.2, 0) is 9.59 Å². The van der Waals surface area contributed by atoms with Crippen LogP contribution in [0.3, 0.4) is 0 Å². The molecule has 1 aliphatic rings. The zero-order valence-corrected chi connectivity index (χ0v) is 9.04. The van der Waals surface area contributed by atoms with E-state index in [-0.39, 0.29) is 5.78 Å². The van der Waals surface area contributed by atoms with E-state index in [1.807, 2.05) is 13.0 Å². The largest absolute Gasteiger partial charge is 0.305 e. The van der Waals surface area contributed by atoms with Gasteiger partial charge in [-0.15, -0.1) is 0 Å². The zero-order valence-electron chi connectivity index (χ0n) is 8.29. The molecule has 0 N–H and O–H groups in total. The lowest BCUT2D eigenvalue weighted by atomic mass is 10.2. The number of rotatable bonds is 1. The molecule has 2 rings (SSSR count). The maximum absolute atomic E-state index is 11.4. The van der Waals surface area contributed by atoms with Gasteiger partial charge in [-0.2, -0.15) is 0 Å². The van der Waals surface area contributed by atoms with Crippen molar-refractivity contribution in [3.05, 3.63) is 28.8 Å². The van der Waals surface area contributed by atoms with Crippen molar-refractivity contribution < 1.29 is 9.59 Å². The number of aryl methyl sites for hydroxylation is 1. The van der Waals surface area contributed by atoms with Gasteiger partial charge in [0, 0.05) is 23.7 Å². The van der Waals surface area contributed by atoms with E-state index in [4.69, 9.17) is 11.6 Å². The van der Waals surface area contributed by atoms with E-state index >= 15 is 0 Å². The van der Waals surface area contributed by atoms with Gasteiger partial charge >= 0.3 is 0 Å². The fourth-order valence-corrected chi connectivity index (χ4v) is 1.74. The standard InChI is InChI=1S/C11H10ClNO2/c1-7-2-3-8(6-9(7)12)13-5-4-10(14)11(13)15/h2-3,6H,4-5H2,1H3. The molecule has 4 heteroatoms. The van der Waals surface area contributed by atoms with Crippen molar-refractivity contribution in [3.63, 3.8) is 0 Å². The second kappa shape index (κ2) is 3.66.